The maximum Gasteiger partial charge on any atom is 0.234 e. The predicted molar refractivity (Wildman–Crippen MR) is 98.7 cm³/mol. The number of ether oxygens (including phenoxy) is 1. The van der Waals surface area contributed by atoms with E-state index >= 15 is 0 Å². The number of carbonyl (C=O) groups excluding carboxylic acids is 1. The third-order valence-electron chi connectivity index (χ3n) is 3.72. The van der Waals surface area contributed by atoms with Crippen molar-refractivity contribution in [2.75, 3.05) is 18.2 Å². The van der Waals surface area contributed by atoms with Gasteiger partial charge in [0.2, 0.25) is 5.91 Å². The van der Waals surface area contributed by atoms with Crippen LogP contribution in [0.5, 0.6) is 5.75 Å². The Hall–Kier alpha value is -2.94. The molecule has 0 radical (unpaired) electrons. The van der Waals surface area contributed by atoms with Crippen molar-refractivity contribution in [1.29, 1.82) is 0 Å². The van der Waals surface area contributed by atoms with Crippen molar-refractivity contribution in [3.8, 4) is 17.1 Å². The fraction of sp³-hybridized carbons (Fsp3) is 0.167. The van der Waals surface area contributed by atoms with E-state index in [1.54, 1.807) is 18.7 Å². The Morgan fingerprint density at radius 3 is 2.74 bits per heavy atom. The van der Waals surface area contributed by atoms with Gasteiger partial charge in [0.05, 0.1) is 24.1 Å². The van der Waals surface area contributed by atoms with E-state index in [1.165, 1.54) is 6.07 Å². The number of nitrogens with zero attached hydrogens (tertiary/aromatic N) is 3. The second kappa shape index (κ2) is 8.17. The minimum Gasteiger partial charge on any atom is -0.496 e. The zero-order valence-electron chi connectivity index (χ0n) is 14.6. The Labute approximate surface area is 158 Å². The lowest BCUT2D eigenvalue weighted by Gasteiger charge is -2.08. The molecule has 2 aromatic carbocycles. The molecule has 0 aliphatic rings. The Balaban J connectivity index is 1.68. The fourth-order valence-corrected chi connectivity index (χ4v) is 3.12. The van der Waals surface area contributed by atoms with E-state index < -0.39 is 17.5 Å². The van der Waals surface area contributed by atoms with E-state index in [0.717, 1.165) is 23.4 Å². The van der Waals surface area contributed by atoms with E-state index in [-0.39, 0.29) is 11.4 Å². The average molecular weight is 390 g/mol. The molecule has 0 bridgehead atoms. The van der Waals surface area contributed by atoms with Gasteiger partial charge in [0.1, 0.15) is 17.4 Å². The van der Waals surface area contributed by atoms with Crippen LogP contribution in [0.4, 0.5) is 14.5 Å². The zero-order chi connectivity index (χ0) is 19.4. The summed E-state index contributed by atoms with van der Waals surface area (Å²) in [6.45, 7) is 0. The standard InChI is InChI=1S/C18H16F2N4O2S/c1-24-17(12-5-3-4-6-15(12)26-2)22-23-18(24)27-10-16(25)21-14-8-7-11(19)9-13(14)20/h3-9H,10H2,1-2H3,(H,21,25). The number of benzene rings is 2. The van der Waals surface area contributed by atoms with E-state index in [9.17, 15) is 13.6 Å². The first-order chi connectivity index (χ1) is 13.0. The second-order valence-electron chi connectivity index (χ2n) is 5.53. The topological polar surface area (TPSA) is 69.0 Å². The van der Waals surface area contributed by atoms with Crippen LogP contribution in [0.25, 0.3) is 11.4 Å². The molecule has 9 heteroatoms. The second-order valence-corrected chi connectivity index (χ2v) is 6.47. The van der Waals surface area contributed by atoms with E-state index in [0.29, 0.717) is 22.8 Å². The van der Waals surface area contributed by atoms with Gasteiger partial charge in [0.25, 0.3) is 0 Å². The summed E-state index contributed by atoms with van der Waals surface area (Å²) in [5.41, 5.74) is 0.703. The molecule has 0 atom stereocenters. The lowest BCUT2D eigenvalue weighted by atomic mass is 10.2. The minimum absolute atomic E-state index is 0.00524. The van der Waals surface area contributed by atoms with Gasteiger partial charge >= 0.3 is 0 Å². The summed E-state index contributed by atoms with van der Waals surface area (Å²) < 4.78 is 33.6. The highest BCUT2D eigenvalue weighted by Gasteiger charge is 2.16. The number of aromatic nitrogens is 3. The first-order valence-corrected chi connectivity index (χ1v) is 8.88. The van der Waals surface area contributed by atoms with Crippen LogP contribution < -0.4 is 10.1 Å². The van der Waals surface area contributed by atoms with Crippen LogP contribution in [0.2, 0.25) is 0 Å². The van der Waals surface area contributed by atoms with Crippen LogP contribution in [-0.2, 0) is 11.8 Å². The molecule has 0 spiro atoms. The van der Waals surface area contributed by atoms with Gasteiger partial charge in [-0.2, -0.15) is 0 Å². The number of carbonyl (C=O) groups is 1. The maximum atomic E-state index is 13.6. The largest absolute Gasteiger partial charge is 0.496 e. The van der Waals surface area contributed by atoms with Gasteiger partial charge in [-0.15, -0.1) is 10.2 Å². The van der Waals surface area contributed by atoms with Crippen LogP contribution in [0.15, 0.2) is 47.6 Å². The number of nitrogens with one attached hydrogen (secondary N) is 1. The van der Waals surface area contributed by atoms with Gasteiger partial charge in [-0.3, -0.25) is 4.79 Å². The smallest absolute Gasteiger partial charge is 0.234 e. The minimum atomic E-state index is -0.828. The number of methoxy groups -OCH3 is 1. The summed E-state index contributed by atoms with van der Waals surface area (Å²) >= 11 is 1.15. The van der Waals surface area contributed by atoms with Crippen LogP contribution in [0.3, 0.4) is 0 Å². The Morgan fingerprint density at radius 2 is 2.00 bits per heavy atom. The lowest BCUT2D eigenvalue weighted by Crippen LogP contribution is -2.15. The van der Waals surface area contributed by atoms with Crippen molar-refractivity contribution >= 4 is 23.4 Å². The van der Waals surface area contributed by atoms with Gasteiger partial charge in [0, 0.05) is 13.1 Å². The Morgan fingerprint density at radius 1 is 1.22 bits per heavy atom. The van der Waals surface area contributed by atoms with Crippen molar-refractivity contribution in [3.05, 3.63) is 54.1 Å². The van der Waals surface area contributed by atoms with Crippen LogP contribution in [-0.4, -0.2) is 33.5 Å². The molecular weight excluding hydrogens is 374 g/mol. The molecule has 3 aromatic rings. The van der Waals surface area contributed by atoms with Crippen molar-refractivity contribution in [2.24, 2.45) is 7.05 Å². The molecular formula is C18H16F2N4O2S. The van der Waals surface area contributed by atoms with Gasteiger partial charge < -0.3 is 14.6 Å². The molecule has 1 N–H and O–H groups in total. The first kappa shape index (κ1) is 18.8. The Kier molecular flexibility index (Phi) is 5.70. The fourth-order valence-electron chi connectivity index (χ4n) is 2.41. The molecule has 6 nitrogen and oxygen atoms in total. The molecule has 0 unspecified atom stereocenters. The SMILES string of the molecule is COc1ccccc1-c1nnc(SCC(=O)Nc2ccc(F)cc2F)n1C. The van der Waals surface area contributed by atoms with Gasteiger partial charge in [-0.05, 0) is 24.3 Å². The molecule has 27 heavy (non-hydrogen) atoms. The molecule has 3 rings (SSSR count). The van der Waals surface area contributed by atoms with E-state index in [1.807, 2.05) is 24.3 Å². The summed E-state index contributed by atoms with van der Waals surface area (Å²) in [4.78, 5) is 12.0. The summed E-state index contributed by atoms with van der Waals surface area (Å²) in [6.07, 6.45) is 0. The summed E-state index contributed by atoms with van der Waals surface area (Å²) in [6, 6.07) is 10.4. The van der Waals surface area contributed by atoms with Gasteiger partial charge in [0.15, 0.2) is 11.0 Å². The lowest BCUT2D eigenvalue weighted by molar-refractivity contribution is -0.113. The van der Waals surface area contributed by atoms with Crippen molar-refractivity contribution in [2.45, 2.75) is 5.16 Å². The molecule has 1 aromatic heterocycles. The number of anilines is 1. The number of hydrogen-bond donors (Lipinski definition) is 1. The van der Waals surface area contributed by atoms with E-state index in [2.05, 4.69) is 15.5 Å². The third-order valence-corrected chi connectivity index (χ3v) is 4.74. The Bertz CT molecular complexity index is 978. The highest BCUT2D eigenvalue weighted by atomic mass is 32.2. The van der Waals surface area contributed by atoms with E-state index in [4.69, 9.17) is 4.74 Å². The zero-order valence-corrected chi connectivity index (χ0v) is 15.4. The molecule has 0 aliphatic heterocycles. The molecule has 1 heterocycles. The monoisotopic (exact) mass is 390 g/mol. The van der Waals surface area contributed by atoms with Crippen LogP contribution >= 0.6 is 11.8 Å². The number of amides is 1. The molecule has 1 amide bonds. The number of thioether (sulfide) groups is 1. The highest BCUT2D eigenvalue weighted by molar-refractivity contribution is 7.99. The number of rotatable bonds is 6. The molecule has 0 saturated heterocycles. The number of halogens is 2. The first-order valence-electron chi connectivity index (χ1n) is 7.90. The summed E-state index contributed by atoms with van der Waals surface area (Å²) in [5, 5.41) is 11.2. The quantitative estimate of drug-likeness (QED) is 0.653. The van der Waals surface area contributed by atoms with Crippen LogP contribution in [0, 0.1) is 11.6 Å². The number of para-hydroxylation sites is 1. The van der Waals surface area contributed by atoms with Crippen molar-refractivity contribution in [1.82, 2.24) is 14.8 Å². The highest BCUT2D eigenvalue weighted by Crippen LogP contribution is 2.30. The molecule has 0 saturated carbocycles. The maximum absolute atomic E-state index is 13.6. The summed E-state index contributed by atoms with van der Waals surface area (Å²) in [5.74, 6) is -0.719. The predicted octanol–water partition coefficient (Wildman–Crippen LogP) is 3.50. The molecule has 0 fully saturated rings. The average Bonchev–Trinajstić information content (AvgIpc) is 3.02. The molecule has 0 aliphatic carbocycles. The summed E-state index contributed by atoms with van der Waals surface area (Å²) in [7, 11) is 3.35. The molecule has 140 valence electrons. The van der Waals surface area contributed by atoms with Gasteiger partial charge in [-0.1, -0.05) is 23.9 Å². The van der Waals surface area contributed by atoms with Crippen molar-refractivity contribution in [3.63, 3.8) is 0 Å². The van der Waals surface area contributed by atoms with Gasteiger partial charge in [-0.25, -0.2) is 8.78 Å². The number of hydrogen-bond acceptors (Lipinski definition) is 5. The van der Waals surface area contributed by atoms with Crippen molar-refractivity contribution < 1.29 is 18.3 Å². The third kappa shape index (κ3) is 4.25. The normalized spacial score (nSPS) is 10.7. The van der Waals surface area contributed by atoms with Crippen LogP contribution in [0.1, 0.15) is 0 Å².